The van der Waals surface area contributed by atoms with Gasteiger partial charge in [0.25, 0.3) is 0 Å². The summed E-state index contributed by atoms with van der Waals surface area (Å²) in [6.45, 7) is -0.499. The van der Waals surface area contributed by atoms with Gasteiger partial charge in [0.05, 0.1) is 29.0 Å². The Labute approximate surface area is 187 Å². The number of anilines is 1. The van der Waals surface area contributed by atoms with Crippen molar-refractivity contribution in [2.24, 2.45) is 11.8 Å². The van der Waals surface area contributed by atoms with E-state index >= 15 is 0 Å². The van der Waals surface area contributed by atoms with E-state index in [9.17, 15) is 32.3 Å². The highest BCUT2D eigenvalue weighted by Gasteiger charge is 2.47. The quantitative estimate of drug-likeness (QED) is 0.510. The molecule has 2 aliphatic rings. The zero-order chi connectivity index (χ0) is 23.6. The van der Waals surface area contributed by atoms with Crippen LogP contribution in [-0.4, -0.2) is 53.6 Å². The van der Waals surface area contributed by atoms with Gasteiger partial charge in [-0.25, -0.2) is 0 Å². The molecular weight excluding hydrogens is 451 g/mol. The molecule has 4 amide bonds. The first-order chi connectivity index (χ1) is 15.0. The van der Waals surface area contributed by atoms with Crippen LogP contribution in [-0.2, 0) is 25.4 Å². The van der Waals surface area contributed by atoms with Crippen LogP contribution in [0, 0.1) is 11.8 Å². The fourth-order valence-corrected chi connectivity index (χ4v) is 4.04. The Morgan fingerprint density at radius 2 is 1.75 bits per heavy atom. The fraction of sp³-hybridized carbons (Fsp3) is 0.429. The van der Waals surface area contributed by atoms with Gasteiger partial charge in [0, 0.05) is 25.7 Å². The van der Waals surface area contributed by atoms with Gasteiger partial charge in [-0.1, -0.05) is 23.8 Å². The van der Waals surface area contributed by atoms with Crippen molar-refractivity contribution in [1.82, 2.24) is 9.80 Å². The Balaban J connectivity index is 1.52. The molecule has 1 aromatic rings. The summed E-state index contributed by atoms with van der Waals surface area (Å²) in [6, 6.07) is 2.95. The van der Waals surface area contributed by atoms with Gasteiger partial charge in [-0.05, 0) is 31.0 Å². The number of hydrogen-bond acceptors (Lipinski definition) is 4. The molecule has 0 unspecified atom stereocenters. The number of benzene rings is 1. The van der Waals surface area contributed by atoms with E-state index in [0.29, 0.717) is 18.9 Å². The SMILES string of the molecule is CN(CC(=O)Nc1ccc(Cl)c(C(F)(F)F)c1)C(=O)CCN1C(=O)[C@@H]2CC=CC[C@H]2C1=O. The van der Waals surface area contributed by atoms with E-state index in [0.717, 1.165) is 15.9 Å². The topological polar surface area (TPSA) is 86.8 Å². The van der Waals surface area contributed by atoms with Gasteiger partial charge in [-0.3, -0.25) is 24.1 Å². The number of carbonyl (C=O) groups excluding carboxylic acids is 4. The number of alkyl halides is 3. The monoisotopic (exact) mass is 471 g/mol. The third-order valence-corrected chi connectivity index (χ3v) is 5.84. The van der Waals surface area contributed by atoms with Crippen LogP contribution in [0.15, 0.2) is 30.4 Å². The van der Waals surface area contributed by atoms with Crippen molar-refractivity contribution >= 4 is 40.9 Å². The van der Waals surface area contributed by atoms with Crippen molar-refractivity contribution in [2.45, 2.75) is 25.4 Å². The molecule has 11 heteroatoms. The van der Waals surface area contributed by atoms with Crippen molar-refractivity contribution in [1.29, 1.82) is 0 Å². The third kappa shape index (κ3) is 5.12. The van der Waals surface area contributed by atoms with Gasteiger partial charge < -0.3 is 10.2 Å². The first-order valence-corrected chi connectivity index (χ1v) is 10.3. The fourth-order valence-electron chi connectivity index (χ4n) is 3.81. The zero-order valence-electron chi connectivity index (χ0n) is 17.1. The summed E-state index contributed by atoms with van der Waals surface area (Å²) >= 11 is 5.55. The normalized spacial score (nSPS) is 20.3. The van der Waals surface area contributed by atoms with Crippen LogP contribution in [0.3, 0.4) is 0 Å². The minimum absolute atomic E-state index is 0.0818. The van der Waals surface area contributed by atoms with Crippen LogP contribution >= 0.6 is 11.6 Å². The number of carbonyl (C=O) groups is 4. The van der Waals surface area contributed by atoms with Crippen LogP contribution < -0.4 is 5.32 Å². The molecule has 1 aliphatic carbocycles. The van der Waals surface area contributed by atoms with Crippen molar-refractivity contribution in [3.05, 3.63) is 40.9 Å². The summed E-state index contributed by atoms with van der Waals surface area (Å²) in [7, 11) is 1.35. The van der Waals surface area contributed by atoms with Gasteiger partial charge in [-0.2, -0.15) is 13.2 Å². The first kappa shape index (κ1) is 23.8. The smallest absolute Gasteiger partial charge is 0.336 e. The molecule has 1 saturated heterocycles. The number of hydrogen-bond donors (Lipinski definition) is 1. The molecule has 7 nitrogen and oxygen atoms in total. The van der Waals surface area contributed by atoms with Crippen molar-refractivity contribution in [3.8, 4) is 0 Å². The first-order valence-electron chi connectivity index (χ1n) is 9.90. The molecule has 3 rings (SSSR count). The van der Waals surface area contributed by atoms with E-state index < -0.39 is 35.1 Å². The number of nitrogens with zero attached hydrogens (tertiary/aromatic N) is 2. The summed E-state index contributed by atoms with van der Waals surface area (Å²) in [5, 5.41) is 1.80. The molecule has 32 heavy (non-hydrogen) atoms. The maximum Gasteiger partial charge on any atom is 0.417 e. The lowest BCUT2D eigenvalue weighted by Crippen LogP contribution is -2.38. The minimum atomic E-state index is -4.68. The largest absolute Gasteiger partial charge is 0.417 e. The van der Waals surface area contributed by atoms with Gasteiger partial charge >= 0.3 is 6.18 Å². The summed E-state index contributed by atoms with van der Waals surface area (Å²) in [5.41, 5.74) is -1.20. The number of rotatable bonds is 6. The summed E-state index contributed by atoms with van der Waals surface area (Å²) in [4.78, 5) is 51.6. The zero-order valence-corrected chi connectivity index (χ0v) is 17.9. The van der Waals surface area contributed by atoms with E-state index in [1.165, 1.54) is 13.1 Å². The van der Waals surface area contributed by atoms with Crippen LogP contribution in [0.2, 0.25) is 5.02 Å². The standard InChI is InChI=1S/C21H21ClF3N3O4/c1-27(11-17(29)26-12-6-7-16(22)15(10-12)21(23,24)25)18(30)8-9-28-19(31)13-4-2-3-5-14(13)20(28)32/h2-3,6-7,10,13-14H,4-5,8-9,11H2,1H3,(H,26,29)/t13-,14-/m1/s1. The number of fused-ring (bicyclic) bond motifs is 1. The van der Waals surface area contributed by atoms with Crippen LogP contribution in [0.5, 0.6) is 0 Å². The van der Waals surface area contributed by atoms with Crippen molar-refractivity contribution < 1.29 is 32.3 Å². The second-order valence-corrected chi connectivity index (χ2v) is 8.13. The predicted octanol–water partition coefficient (Wildman–Crippen LogP) is 3.10. The van der Waals surface area contributed by atoms with Gasteiger partial charge in [0.2, 0.25) is 23.6 Å². The maximum atomic E-state index is 12.9. The Morgan fingerprint density at radius 1 is 1.16 bits per heavy atom. The summed E-state index contributed by atoms with van der Waals surface area (Å²) in [6.07, 6.45) is -0.103. The number of nitrogens with one attached hydrogen (secondary N) is 1. The molecule has 1 heterocycles. The predicted molar refractivity (Wildman–Crippen MR) is 109 cm³/mol. The highest BCUT2D eigenvalue weighted by Crippen LogP contribution is 2.36. The highest BCUT2D eigenvalue weighted by atomic mass is 35.5. The van der Waals surface area contributed by atoms with Gasteiger partial charge in [0.15, 0.2) is 0 Å². The average molecular weight is 472 g/mol. The molecule has 1 aromatic carbocycles. The molecule has 0 saturated carbocycles. The van der Waals surface area contributed by atoms with Crippen LogP contribution in [0.1, 0.15) is 24.8 Å². The van der Waals surface area contributed by atoms with Crippen molar-refractivity contribution in [3.63, 3.8) is 0 Å². The van der Waals surface area contributed by atoms with E-state index in [4.69, 9.17) is 11.6 Å². The molecule has 0 aromatic heterocycles. The molecule has 172 valence electrons. The second-order valence-electron chi connectivity index (χ2n) is 7.72. The van der Waals surface area contributed by atoms with E-state index in [1.807, 2.05) is 12.2 Å². The number of likely N-dealkylation sites (N-methyl/N-ethyl adjacent to an activating group) is 1. The van der Waals surface area contributed by atoms with Crippen LogP contribution in [0.4, 0.5) is 18.9 Å². The molecule has 0 bridgehead atoms. The Morgan fingerprint density at radius 3 is 2.31 bits per heavy atom. The lowest BCUT2D eigenvalue weighted by atomic mass is 9.85. The Bertz CT molecular complexity index is 954. The molecule has 1 aliphatic heterocycles. The Hall–Kier alpha value is -2.88. The maximum absolute atomic E-state index is 12.9. The number of likely N-dealkylation sites (tertiary alicyclic amines) is 1. The highest BCUT2D eigenvalue weighted by molar-refractivity contribution is 6.31. The molecule has 0 spiro atoms. The van der Waals surface area contributed by atoms with Crippen molar-refractivity contribution in [2.75, 3.05) is 25.5 Å². The summed E-state index contributed by atoms with van der Waals surface area (Å²) in [5.74, 6) is -2.54. The second kappa shape index (κ2) is 9.32. The van der Waals surface area contributed by atoms with Gasteiger partial charge in [-0.15, -0.1) is 0 Å². The molecule has 2 atom stereocenters. The number of halogens is 4. The summed E-state index contributed by atoms with van der Waals surface area (Å²) < 4.78 is 38.8. The number of allylic oxidation sites excluding steroid dienone is 2. The van der Waals surface area contributed by atoms with Crippen LogP contribution in [0.25, 0.3) is 0 Å². The minimum Gasteiger partial charge on any atom is -0.336 e. The van der Waals surface area contributed by atoms with E-state index in [-0.39, 0.29) is 42.3 Å². The number of imide groups is 1. The third-order valence-electron chi connectivity index (χ3n) is 5.51. The van der Waals surface area contributed by atoms with E-state index in [1.54, 1.807) is 0 Å². The number of amides is 4. The molecular formula is C21H21ClF3N3O4. The molecule has 1 N–H and O–H groups in total. The average Bonchev–Trinajstić information content (AvgIpc) is 2.97. The lowest BCUT2D eigenvalue weighted by Gasteiger charge is -2.19. The lowest BCUT2D eigenvalue weighted by molar-refractivity contribution is -0.141. The molecule has 0 radical (unpaired) electrons. The van der Waals surface area contributed by atoms with E-state index in [2.05, 4.69) is 5.32 Å². The van der Waals surface area contributed by atoms with Gasteiger partial charge in [0.1, 0.15) is 0 Å². The Kier molecular flexibility index (Phi) is 6.92. The molecule has 1 fully saturated rings.